The smallest absolute Gasteiger partial charge is 0.231 e. The molecule has 0 aromatic heterocycles. The molecule has 1 aromatic carbocycles. The minimum Gasteiger partial charge on any atom is -0.454 e. The van der Waals surface area contributed by atoms with Gasteiger partial charge in [-0.15, -0.1) is 0 Å². The van der Waals surface area contributed by atoms with Crippen LogP contribution in [0.1, 0.15) is 50.6 Å². The van der Waals surface area contributed by atoms with Crippen molar-refractivity contribution in [2.45, 2.75) is 45.1 Å². The van der Waals surface area contributed by atoms with Crippen LogP contribution in [0.15, 0.2) is 18.2 Å². The lowest BCUT2D eigenvalue weighted by Crippen LogP contribution is -2.27. The molecule has 1 saturated carbocycles. The molecule has 3 rings (SSSR count). The van der Waals surface area contributed by atoms with E-state index in [1.54, 1.807) is 0 Å². The Morgan fingerprint density at radius 1 is 1.16 bits per heavy atom. The van der Waals surface area contributed by atoms with Crippen LogP contribution in [-0.4, -0.2) is 13.3 Å². The van der Waals surface area contributed by atoms with Gasteiger partial charge in [0, 0.05) is 6.04 Å². The minimum atomic E-state index is 0.350. The van der Waals surface area contributed by atoms with E-state index >= 15 is 0 Å². The third kappa shape index (κ3) is 3.03. The second-order valence-electron chi connectivity index (χ2n) is 5.75. The molecule has 1 atom stereocenters. The van der Waals surface area contributed by atoms with E-state index in [0.29, 0.717) is 12.8 Å². The number of benzene rings is 1. The highest BCUT2D eigenvalue weighted by molar-refractivity contribution is 5.45. The van der Waals surface area contributed by atoms with Gasteiger partial charge < -0.3 is 14.8 Å². The van der Waals surface area contributed by atoms with Crippen LogP contribution in [0.2, 0.25) is 0 Å². The first kappa shape index (κ1) is 12.8. The molecule has 3 nitrogen and oxygen atoms in total. The second kappa shape index (κ2) is 5.83. The van der Waals surface area contributed by atoms with Gasteiger partial charge in [-0.25, -0.2) is 0 Å². The molecule has 19 heavy (non-hydrogen) atoms. The van der Waals surface area contributed by atoms with Crippen LogP contribution in [0.5, 0.6) is 11.5 Å². The molecule has 0 saturated heterocycles. The highest BCUT2D eigenvalue weighted by Crippen LogP contribution is 2.34. The molecule has 1 aromatic rings. The van der Waals surface area contributed by atoms with Crippen molar-refractivity contribution < 1.29 is 9.47 Å². The SMILES string of the molecule is CC(NCC1CCCCC1)c1ccc2c(c1)OCO2. The first-order valence-corrected chi connectivity index (χ1v) is 7.46. The maximum absolute atomic E-state index is 5.43. The van der Waals surface area contributed by atoms with Crippen LogP contribution >= 0.6 is 0 Å². The van der Waals surface area contributed by atoms with Gasteiger partial charge in [0.15, 0.2) is 11.5 Å². The lowest BCUT2D eigenvalue weighted by atomic mass is 9.89. The van der Waals surface area contributed by atoms with Crippen LogP contribution in [-0.2, 0) is 0 Å². The van der Waals surface area contributed by atoms with E-state index in [1.165, 1.54) is 37.7 Å². The monoisotopic (exact) mass is 261 g/mol. The van der Waals surface area contributed by atoms with Gasteiger partial charge in [0.1, 0.15) is 0 Å². The molecule has 0 radical (unpaired) electrons. The molecule has 1 fully saturated rings. The van der Waals surface area contributed by atoms with Gasteiger partial charge in [0.2, 0.25) is 6.79 Å². The molecule has 1 unspecified atom stereocenters. The van der Waals surface area contributed by atoms with Crippen molar-refractivity contribution in [3.8, 4) is 11.5 Å². The largest absolute Gasteiger partial charge is 0.454 e. The maximum Gasteiger partial charge on any atom is 0.231 e. The van der Waals surface area contributed by atoms with E-state index in [1.807, 2.05) is 6.07 Å². The van der Waals surface area contributed by atoms with Gasteiger partial charge in [-0.3, -0.25) is 0 Å². The van der Waals surface area contributed by atoms with Crippen molar-refractivity contribution in [2.24, 2.45) is 5.92 Å². The van der Waals surface area contributed by atoms with E-state index in [2.05, 4.69) is 24.4 Å². The average Bonchev–Trinajstić information content (AvgIpc) is 2.93. The quantitative estimate of drug-likeness (QED) is 0.897. The van der Waals surface area contributed by atoms with Gasteiger partial charge >= 0.3 is 0 Å². The van der Waals surface area contributed by atoms with Crippen molar-refractivity contribution in [3.05, 3.63) is 23.8 Å². The normalized spacial score (nSPS) is 20.5. The number of fused-ring (bicyclic) bond motifs is 1. The van der Waals surface area contributed by atoms with Crippen molar-refractivity contribution in [3.63, 3.8) is 0 Å². The fourth-order valence-electron chi connectivity index (χ4n) is 3.04. The summed E-state index contributed by atoms with van der Waals surface area (Å²) in [6, 6.07) is 6.61. The van der Waals surface area contributed by atoms with Crippen LogP contribution in [0.25, 0.3) is 0 Å². The summed E-state index contributed by atoms with van der Waals surface area (Å²) in [7, 11) is 0. The summed E-state index contributed by atoms with van der Waals surface area (Å²) in [5, 5.41) is 3.66. The molecule has 3 heteroatoms. The predicted molar refractivity (Wildman–Crippen MR) is 75.6 cm³/mol. The highest BCUT2D eigenvalue weighted by Gasteiger charge is 2.17. The van der Waals surface area contributed by atoms with Gasteiger partial charge in [-0.2, -0.15) is 0 Å². The summed E-state index contributed by atoms with van der Waals surface area (Å²) < 4.78 is 10.8. The Hall–Kier alpha value is -1.22. The lowest BCUT2D eigenvalue weighted by molar-refractivity contribution is 0.174. The Morgan fingerprint density at radius 2 is 1.95 bits per heavy atom. The molecule has 0 amide bonds. The molecule has 0 spiro atoms. The Bertz CT molecular complexity index is 427. The molecular weight excluding hydrogens is 238 g/mol. The van der Waals surface area contributed by atoms with Crippen LogP contribution in [0.3, 0.4) is 0 Å². The molecular formula is C16H23NO2. The summed E-state index contributed by atoms with van der Waals surface area (Å²) in [5.74, 6) is 2.61. The van der Waals surface area contributed by atoms with Gasteiger partial charge in [0.25, 0.3) is 0 Å². The van der Waals surface area contributed by atoms with Gasteiger partial charge in [-0.05, 0) is 49.9 Å². The van der Waals surface area contributed by atoms with Crippen molar-refractivity contribution in [2.75, 3.05) is 13.3 Å². The third-order valence-electron chi connectivity index (χ3n) is 4.33. The number of hydrogen-bond donors (Lipinski definition) is 1. The molecule has 1 aliphatic carbocycles. The van der Waals surface area contributed by atoms with Crippen LogP contribution in [0.4, 0.5) is 0 Å². The predicted octanol–water partition coefficient (Wildman–Crippen LogP) is 3.65. The van der Waals surface area contributed by atoms with Crippen LogP contribution < -0.4 is 14.8 Å². The zero-order valence-electron chi connectivity index (χ0n) is 11.7. The Balaban J connectivity index is 1.56. The first-order chi connectivity index (χ1) is 9.33. The third-order valence-corrected chi connectivity index (χ3v) is 4.33. The number of ether oxygens (including phenoxy) is 2. The maximum atomic E-state index is 5.43. The van der Waals surface area contributed by atoms with E-state index in [4.69, 9.17) is 9.47 Å². The molecule has 1 aliphatic heterocycles. The summed E-state index contributed by atoms with van der Waals surface area (Å²) in [4.78, 5) is 0. The number of hydrogen-bond acceptors (Lipinski definition) is 3. The Kier molecular flexibility index (Phi) is 3.92. The van der Waals surface area contributed by atoms with Gasteiger partial charge in [0.05, 0.1) is 0 Å². The average molecular weight is 261 g/mol. The van der Waals surface area contributed by atoms with Crippen molar-refractivity contribution in [1.82, 2.24) is 5.32 Å². The highest BCUT2D eigenvalue weighted by atomic mass is 16.7. The minimum absolute atomic E-state index is 0.350. The standard InChI is InChI=1S/C16H23NO2/c1-12(17-10-13-5-3-2-4-6-13)14-7-8-15-16(9-14)19-11-18-15/h7-9,12-13,17H,2-6,10-11H2,1H3. The van der Waals surface area contributed by atoms with E-state index in [-0.39, 0.29) is 0 Å². The fraction of sp³-hybridized carbons (Fsp3) is 0.625. The summed E-state index contributed by atoms with van der Waals surface area (Å²) >= 11 is 0. The molecule has 1 heterocycles. The molecule has 0 bridgehead atoms. The fourth-order valence-corrected chi connectivity index (χ4v) is 3.04. The van der Waals surface area contributed by atoms with E-state index < -0.39 is 0 Å². The summed E-state index contributed by atoms with van der Waals surface area (Å²) in [6.07, 6.45) is 7.02. The summed E-state index contributed by atoms with van der Waals surface area (Å²) in [5.41, 5.74) is 1.28. The molecule has 104 valence electrons. The molecule has 1 N–H and O–H groups in total. The van der Waals surface area contributed by atoms with E-state index in [9.17, 15) is 0 Å². The van der Waals surface area contributed by atoms with Crippen LogP contribution in [0, 0.1) is 5.92 Å². The van der Waals surface area contributed by atoms with Gasteiger partial charge in [-0.1, -0.05) is 25.3 Å². The topological polar surface area (TPSA) is 30.5 Å². The first-order valence-electron chi connectivity index (χ1n) is 7.46. The zero-order chi connectivity index (χ0) is 13.1. The summed E-state index contributed by atoms with van der Waals surface area (Å²) in [6.45, 7) is 3.71. The van der Waals surface area contributed by atoms with Crippen molar-refractivity contribution >= 4 is 0 Å². The molecule has 2 aliphatic rings. The second-order valence-corrected chi connectivity index (χ2v) is 5.75. The Morgan fingerprint density at radius 3 is 2.79 bits per heavy atom. The number of nitrogens with one attached hydrogen (secondary N) is 1. The number of rotatable bonds is 4. The van der Waals surface area contributed by atoms with Crippen molar-refractivity contribution in [1.29, 1.82) is 0 Å². The Labute approximate surface area is 115 Å². The zero-order valence-corrected chi connectivity index (χ0v) is 11.7. The lowest BCUT2D eigenvalue weighted by Gasteiger charge is -2.24. The van der Waals surface area contributed by atoms with E-state index in [0.717, 1.165) is 24.0 Å².